The Morgan fingerprint density at radius 3 is 2.38 bits per heavy atom. The van der Waals surface area contributed by atoms with Gasteiger partial charge in [-0.05, 0) is 48.9 Å². The first-order valence-corrected chi connectivity index (χ1v) is 8.40. The molecule has 1 amide bonds. The van der Waals surface area contributed by atoms with E-state index in [1.165, 1.54) is 0 Å². The molecule has 0 radical (unpaired) electrons. The summed E-state index contributed by atoms with van der Waals surface area (Å²) in [6.07, 6.45) is 0.956. The highest BCUT2D eigenvalue weighted by Crippen LogP contribution is 2.27. The first-order valence-electron chi connectivity index (χ1n) is 7.61. The predicted octanol–water partition coefficient (Wildman–Crippen LogP) is 4.26. The van der Waals surface area contributed by atoms with E-state index < -0.39 is 0 Å². The molecule has 6 heteroatoms. The van der Waals surface area contributed by atoms with Crippen molar-refractivity contribution in [2.75, 3.05) is 25.6 Å². The van der Waals surface area contributed by atoms with Crippen LogP contribution in [0.1, 0.15) is 13.3 Å². The number of amides is 1. The zero-order valence-corrected chi connectivity index (χ0v) is 15.3. The molecular formula is C18H20BrNO4. The van der Waals surface area contributed by atoms with Gasteiger partial charge in [-0.25, -0.2) is 0 Å². The summed E-state index contributed by atoms with van der Waals surface area (Å²) in [4.78, 5) is 12.0. The number of carbonyl (C=O) groups excluding carboxylic acids is 1. The van der Waals surface area contributed by atoms with Gasteiger partial charge in [-0.1, -0.05) is 22.9 Å². The van der Waals surface area contributed by atoms with Gasteiger partial charge in [-0.2, -0.15) is 0 Å². The minimum atomic E-state index is -0.266. The first kappa shape index (κ1) is 18.1. The van der Waals surface area contributed by atoms with Gasteiger partial charge in [0.25, 0.3) is 5.91 Å². The fraction of sp³-hybridized carbons (Fsp3) is 0.278. The van der Waals surface area contributed by atoms with Crippen molar-refractivity contribution in [1.29, 1.82) is 0 Å². The van der Waals surface area contributed by atoms with Crippen LogP contribution in [0.2, 0.25) is 0 Å². The van der Waals surface area contributed by atoms with E-state index in [2.05, 4.69) is 28.2 Å². The van der Waals surface area contributed by atoms with Gasteiger partial charge in [0.05, 0.1) is 19.4 Å². The van der Waals surface area contributed by atoms with Crippen LogP contribution in [0.15, 0.2) is 46.9 Å². The number of carbonyl (C=O) groups is 1. The van der Waals surface area contributed by atoms with Gasteiger partial charge in [0.2, 0.25) is 0 Å². The second-order valence-electron chi connectivity index (χ2n) is 5.00. The van der Waals surface area contributed by atoms with E-state index in [1.807, 2.05) is 18.2 Å². The lowest BCUT2D eigenvalue weighted by Crippen LogP contribution is -2.20. The Bertz CT molecular complexity index is 673. The van der Waals surface area contributed by atoms with E-state index in [1.54, 1.807) is 31.4 Å². The van der Waals surface area contributed by atoms with Gasteiger partial charge in [-0.15, -0.1) is 0 Å². The summed E-state index contributed by atoms with van der Waals surface area (Å²) in [5, 5.41) is 2.77. The lowest BCUT2D eigenvalue weighted by molar-refractivity contribution is -0.118. The first-order chi connectivity index (χ1) is 11.6. The Morgan fingerprint density at radius 2 is 1.75 bits per heavy atom. The van der Waals surface area contributed by atoms with Gasteiger partial charge >= 0.3 is 0 Å². The molecule has 0 saturated heterocycles. The molecule has 0 atom stereocenters. The van der Waals surface area contributed by atoms with Gasteiger partial charge in [0, 0.05) is 4.47 Å². The Hall–Kier alpha value is -2.21. The number of nitrogens with one attached hydrogen (secondary N) is 1. The van der Waals surface area contributed by atoms with E-state index in [0.29, 0.717) is 23.8 Å². The van der Waals surface area contributed by atoms with Crippen LogP contribution in [0.3, 0.4) is 0 Å². The van der Waals surface area contributed by atoms with Crippen LogP contribution in [0, 0.1) is 0 Å². The van der Waals surface area contributed by atoms with Gasteiger partial charge in [0.1, 0.15) is 17.2 Å². The lowest BCUT2D eigenvalue weighted by atomic mass is 10.3. The summed E-state index contributed by atoms with van der Waals surface area (Å²) in [5.41, 5.74) is 0.587. The topological polar surface area (TPSA) is 56.8 Å². The molecule has 2 rings (SSSR count). The maximum atomic E-state index is 12.0. The van der Waals surface area contributed by atoms with Crippen LogP contribution in [0.25, 0.3) is 0 Å². The molecule has 2 aromatic rings. The summed E-state index contributed by atoms with van der Waals surface area (Å²) < 4.78 is 17.0. The average Bonchev–Trinajstić information content (AvgIpc) is 2.59. The highest BCUT2D eigenvalue weighted by atomic mass is 79.9. The highest BCUT2D eigenvalue weighted by molar-refractivity contribution is 9.10. The van der Waals surface area contributed by atoms with Crippen LogP contribution >= 0.6 is 15.9 Å². The molecule has 0 aliphatic carbocycles. The van der Waals surface area contributed by atoms with Crippen molar-refractivity contribution in [3.8, 4) is 17.2 Å². The largest absolute Gasteiger partial charge is 0.495 e. The Labute approximate surface area is 150 Å². The van der Waals surface area contributed by atoms with E-state index in [4.69, 9.17) is 14.2 Å². The molecule has 0 saturated carbocycles. The smallest absolute Gasteiger partial charge is 0.262 e. The second kappa shape index (κ2) is 9.17. The van der Waals surface area contributed by atoms with E-state index in [9.17, 15) is 4.79 Å². The molecule has 0 fully saturated rings. The van der Waals surface area contributed by atoms with E-state index in [-0.39, 0.29) is 12.5 Å². The van der Waals surface area contributed by atoms with Crippen molar-refractivity contribution >= 4 is 27.5 Å². The third-order valence-corrected chi connectivity index (χ3v) is 3.60. The number of methoxy groups -OCH3 is 1. The molecule has 0 bridgehead atoms. The Balaban J connectivity index is 1.88. The second-order valence-corrected chi connectivity index (χ2v) is 5.92. The number of hydrogen-bond acceptors (Lipinski definition) is 4. The third kappa shape index (κ3) is 5.45. The molecule has 0 spiro atoms. The normalized spacial score (nSPS) is 10.1. The van der Waals surface area contributed by atoms with Crippen LogP contribution in [-0.2, 0) is 4.79 Å². The number of benzene rings is 2. The Kier molecular flexibility index (Phi) is 6.93. The van der Waals surface area contributed by atoms with Gasteiger partial charge < -0.3 is 19.5 Å². The van der Waals surface area contributed by atoms with Crippen molar-refractivity contribution in [1.82, 2.24) is 0 Å². The molecule has 24 heavy (non-hydrogen) atoms. The van der Waals surface area contributed by atoms with Gasteiger partial charge in [0.15, 0.2) is 6.61 Å². The fourth-order valence-electron chi connectivity index (χ4n) is 1.97. The molecule has 0 aliphatic rings. The monoisotopic (exact) mass is 393 g/mol. The summed E-state index contributed by atoms with van der Waals surface area (Å²) in [5.74, 6) is 1.71. The third-order valence-electron chi connectivity index (χ3n) is 3.10. The number of ether oxygens (including phenoxy) is 3. The minimum absolute atomic E-state index is 0.0924. The van der Waals surface area contributed by atoms with Crippen molar-refractivity contribution < 1.29 is 19.0 Å². The van der Waals surface area contributed by atoms with Crippen molar-refractivity contribution in [3.63, 3.8) is 0 Å². The lowest BCUT2D eigenvalue weighted by Gasteiger charge is -2.11. The molecule has 0 unspecified atom stereocenters. The molecule has 2 aromatic carbocycles. The standard InChI is InChI=1S/C18H20BrNO4/c1-3-10-23-14-5-7-15(8-6-14)24-12-18(21)20-16-11-13(19)4-9-17(16)22-2/h4-9,11H,3,10,12H2,1-2H3,(H,20,21). The predicted molar refractivity (Wildman–Crippen MR) is 97.0 cm³/mol. The molecule has 0 aromatic heterocycles. The molecule has 0 heterocycles. The summed E-state index contributed by atoms with van der Waals surface area (Å²) >= 11 is 3.37. The molecular weight excluding hydrogens is 374 g/mol. The number of hydrogen-bond donors (Lipinski definition) is 1. The summed E-state index contributed by atoms with van der Waals surface area (Å²) in [7, 11) is 1.55. The van der Waals surface area contributed by atoms with Crippen LogP contribution < -0.4 is 19.5 Å². The Morgan fingerprint density at radius 1 is 1.08 bits per heavy atom. The number of anilines is 1. The quantitative estimate of drug-likeness (QED) is 0.727. The zero-order chi connectivity index (χ0) is 17.4. The van der Waals surface area contributed by atoms with Crippen LogP contribution in [0.4, 0.5) is 5.69 Å². The van der Waals surface area contributed by atoms with Gasteiger partial charge in [-0.3, -0.25) is 4.79 Å². The molecule has 0 aliphatic heterocycles. The van der Waals surface area contributed by atoms with Crippen molar-refractivity contribution in [3.05, 3.63) is 46.9 Å². The number of rotatable bonds is 8. The summed E-state index contributed by atoms with van der Waals surface area (Å²) in [6, 6.07) is 12.6. The fourth-order valence-corrected chi connectivity index (χ4v) is 2.33. The van der Waals surface area contributed by atoms with Crippen LogP contribution in [-0.4, -0.2) is 26.2 Å². The molecule has 5 nitrogen and oxygen atoms in total. The minimum Gasteiger partial charge on any atom is -0.495 e. The maximum absolute atomic E-state index is 12.0. The average molecular weight is 394 g/mol. The van der Waals surface area contributed by atoms with Crippen molar-refractivity contribution in [2.24, 2.45) is 0 Å². The highest BCUT2D eigenvalue weighted by Gasteiger charge is 2.09. The molecule has 1 N–H and O–H groups in total. The number of halogens is 1. The van der Waals surface area contributed by atoms with Crippen molar-refractivity contribution in [2.45, 2.75) is 13.3 Å². The zero-order valence-electron chi connectivity index (χ0n) is 13.7. The van der Waals surface area contributed by atoms with E-state index in [0.717, 1.165) is 16.6 Å². The van der Waals surface area contributed by atoms with E-state index >= 15 is 0 Å². The van der Waals surface area contributed by atoms with Crippen LogP contribution in [0.5, 0.6) is 17.2 Å². The summed E-state index contributed by atoms with van der Waals surface area (Å²) in [6.45, 7) is 2.64. The maximum Gasteiger partial charge on any atom is 0.262 e. The molecule has 128 valence electrons. The SMILES string of the molecule is CCCOc1ccc(OCC(=O)Nc2cc(Br)ccc2OC)cc1.